The minimum absolute atomic E-state index is 0.0461. The van der Waals surface area contributed by atoms with Gasteiger partial charge in [0.05, 0.1) is 11.8 Å². The van der Waals surface area contributed by atoms with E-state index in [2.05, 4.69) is 48.4 Å². The molecule has 1 aliphatic rings. The largest absolute Gasteiger partial charge is 0.349 e. The van der Waals surface area contributed by atoms with Crippen LogP contribution in [-0.4, -0.2) is 21.6 Å². The summed E-state index contributed by atoms with van der Waals surface area (Å²) in [7, 11) is 0. The van der Waals surface area contributed by atoms with Gasteiger partial charge in [0.2, 0.25) is 5.91 Å². The van der Waals surface area contributed by atoms with Gasteiger partial charge in [-0.25, -0.2) is 9.97 Å². The first-order chi connectivity index (χ1) is 14.0. The third-order valence-corrected chi connectivity index (χ3v) is 7.62. The summed E-state index contributed by atoms with van der Waals surface area (Å²) in [4.78, 5) is 24.6. The number of thioether (sulfide) groups is 1. The van der Waals surface area contributed by atoms with Crippen molar-refractivity contribution in [3.8, 4) is 0 Å². The van der Waals surface area contributed by atoms with Crippen LogP contribution in [0, 0.1) is 13.8 Å². The summed E-state index contributed by atoms with van der Waals surface area (Å²) in [6, 6.07) is 8.44. The second-order valence-corrected chi connectivity index (χ2v) is 9.74. The number of benzene rings is 1. The number of thiophene rings is 1. The molecular weight excluding hydrogens is 398 g/mol. The maximum absolute atomic E-state index is 12.7. The van der Waals surface area contributed by atoms with Crippen molar-refractivity contribution < 1.29 is 4.79 Å². The minimum Gasteiger partial charge on any atom is -0.349 e. The lowest BCUT2D eigenvalue weighted by molar-refractivity contribution is -0.119. The Morgan fingerprint density at radius 2 is 1.93 bits per heavy atom. The number of rotatable bonds is 6. The standard InChI is InChI=1S/C23H27N3OS2/c1-4-18(16-11-9-14(2)10-12-16)26-20(27)13-28-22-21-17-7-5-6-8-19(17)29-23(21)25-15(3)24-22/h9-12,18H,4-8,13H2,1-3H3,(H,26,27)/t18-/m1/s1. The number of hydrogen-bond donors (Lipinski definition) is 1. The molecule has 0 spiro atoms. The van der Waals surface area contributed by atoms with Gasteiger partial charge in [0.1, 0.15) is 15.7 Å². The fraction of sp³-hybridized carbons (Fsp3) is 0.435. The van der Waals surface area contributed by atoms with E-state index >= 15 is 0 Å². The topological polar surface area (TPSA) is 54.9 Å². The third kappa shape index (κ3) is 4.48. The molecule has 3 aromatic rings. The van der Waals surface area contributed by atoms with Gasteiger partial charge in [0.15, 0.2) is 0 Å². The summed E-state index contributed by atoms with van der Waals surface area (Å²) < 4.78 is 0. The van der Waals surface area contributed by atoms with Crippen molar-refractivity contribution in [2.75, 3.05) is 5.75 Å². The summed E-state index contributed by atoms with van der Waals surface area (Å²) in [6.45, 7) is 6.12. The van der Waals surface area contributed by atoms with Gasteiger partial charge in [-0.15, -0.1) is 11.3 Å². The number of nitrogens with one attached hydrogen (secondary N) is 1. The number of carbonyl (C=O) groups excluding carboxylic acids is 1. The molecule has 0 saturated carbocycles. The summed E-state index contributed by atoms with van der Waals surface area (Å²) in [6.07, 6.45) is 5.61. The second-order valence-electron chi connectivity index (χ2n) is 7.69. The van der Waals surface area contributed by atoms with E-state index in [1.54, 1.807) is 11.8 Å². The van der Waals surface area contributed by atoms with Gasteiger partial charge in [0, 0.05) is 10.3 Å². The van der Waals surface area contributed by atoms with Crippen molar-refractivity contribution in [3.63, 3.8) is 0 Å². The van der Waals surface area contributed by atoms with E-state index in [1.165, 1.54) is 34.2 Å². The Bertz CT molecular complexity index is 1030. The minimum atomic E-state index is 0.0461. The molecule has 152 valence electrons. The predicted molar refractivity (Wildman–Crippen MR) is 122 cm³/mol. The summed E-state index contributed by atoms with van der Waals surface area (Å²) in [5.41, 5.74) is 3.81. The molecule has 0 unspecified atom stereocenters. The molecule has 1 atom stereocenters. The summed E-state index contributed by atoms with van der Waals surface area (Å²) in [5.74, 6) is 1.21. The quantitative estimate of drug-likeness (QED) is 0.416. The molecule has 4 nitrogen and oxygen atoms in total. The zero-order chi connectivity index (χ0) is 20.4. The van der Waals surface area contributed by atoms with Crippen LogP contribution in [0.25, 0.3) is 10.2 Å². The molecular formula is C23H27N3OS2. The van der Waals surface area contributed by atoms with Crippen molar-refractivity contribution in [1.29, 1.82) is 0 Å². The van der Waals surface area contributed by atoms with Crippen LogP contribution in [0.3, 0.4) is 0 Å². The first-order valence-electron chi connectivity index (χ1n) is 10.3. The smallest absolute Gasteiger partial charge is 0.230 e. The number of amides is 1. The molecule has 0 aliphatic heterocycles. The second kappa shape index (κ2) is 8.84. The monoisotopic (exact) mass is 425 g/mol. The van der Waals surface area contributed by atoms with Gasteiger partial charge >= 0.3 is 0 Å². The highest BCUT2D eigenvalue weighted by atomic mass is 32.2. The van der Waals surface area contributed by atoms with E-state index in [4.69, 9.17) is 4.98 Å². The maximum atomic E-state index is 12.7. The van der Waals surface area contributed by atoms with Crippen LogP contribution in [0.5, 0.6) is 0 Å². The van der Waals surface area contributed by atoms with Gasteiger partial charge in [-0.05, 0) is 57.1 Å². The van der Waals surface area contributed by atoms with E-state index < -0.39 is 0 Å². The van der Waals surface area contributed by atoms with E-state index in [9.17, 15) is 4.79 Å². The summed E-state index contributed by atoms with van der Waals surface area (Å²) in [5, 5.41) is 5.35. The average Bonchev–Trinajstić information content (AvgIpc) is 3.09. The van der Waals surface area contributed by atoms with E-state index in [0.717, 1.165) is 40.5 Å². The molecule has 1 aliphatic carbocycles. The Morgan fingerprint density at radius 3 is 2.69 bits per heavy atom. The Kier molecular flexibility index (Phi) is 6.20. The number of hydrogen-bond acceptors (Lipinski definition) is 5. The van der Waals surface area contributed by atoms with Gasteiger partial charge in [-0.3, -0.25) is 4.79 Å². The predicted octanol–water partition coefficient (Wildman–Crippen LogP) is 5.55. The van der Waals surface area contributed by atoms with Crippen molar-refractivity contribution in [3.05, 3.63) is 51.7 Å². The molecule has 0 bridgehead atoms. The number of fused-ring (bicyclic) bond motifs is 3. The van der Waals surface area contributed by atoms with E-state index in [-0.39, 0.29) is 11.9 Å². The van der Waals surface area contributed by atoms with Crippen LogP contribution in [-0.2, 0) is 17.6 Å². The zero-order valence-corrected chi connectivity index (χ0v) is 18.9. The Hall–Kier alpha value is -1.92. The molecule has 6 heteroatoms. The maximum Gasteiger partial charge on any atom is 0.230 e. The molecule has 1 amide bonds. The molecule has 1 N–H and O–H groups in total. The molecule has 0 fully saturated rings. The van der Waals surface area contributed by atoms with Crippen LogP contribution >= 0.6 is 23.1 Å². The first kappa shape index (κ1) is 20.4. The number of aromatic nitrogens is 2. The Labute approximate surface area is 180 Å². The fourth-order valence-electron chi connectivity index (χ4n) is 3.92. The highest BCUT2D eigenvalue weighted by molar-refractivity contribution is 8.00. The fourth-order valence-corrected chi connectivity index (χ4v) is 6.20. The molecule has 4 rings (SSSR count). The van der Waals surface area contributed by atoms with Gasteiger partial charge in [-0.2, -0.15) is 0 Å². The average molecular weight is 426 g/mol. The highest BCUT2D eigenvalue weighted by Gasteiger charge is 2.21. The SMILES string of the molecule is CC[C@@H](NC(=O)CSc1nc(C)nc2sc3c(c12)CCCC3)c1ccc(C)cc1. The van der Waals surface area contributed by atoms with Crippen molar-refractivity contribution in [1.82, 2.24) is 15.3 Å². The van der Waals surface area contributed by atoms with E-state index in [0.29, 0.717) is 5.75 Å². The lowest BCUT2D eigenvalue weighted by atomic mass is 9.97. The number of carbonyl (C=O) groups is 1. The zero-order valence-electron chi connectivity index (χ0n) is 17.2. The lowest BCUT2D eigenvalue weighted by Gasteiger charge is -2.18. The highest BCUT2D eigenvalue weighted by Crippen LogP contribution is 2.39. The molecule has 0 saturated heterocycles. The van der Waals surface area contributed by atoms with Gasteiger partial charge < -0.3 is 5.32 Å². The van der Waals surface area contributed by atoms with Crippen LogP contribution in [0.4, 0.5) is 0 Å². The summed E-state index contributed by atoms with van der Waals surface area (Å²) >= 11 is 3.35. The first-order valence-corrected chi connectivity index (χ1v) is 12.1. The van der Waals surface area contributed by atoms with E-state index in [1.807, 2.05) is 18.3 Å². The van der Waals surface area contributed by atoms with Crippen molar-refractivity contribution in [2.45, 2.75) is 63.9 Å². The Morgan fingerprint density at radius 1 is 1.17 bits per heavy atom. The van der Waals surface area contributed by atoms with Crippen LogP contribution in [0.1, 0.15) is 59.6 Å². The van der Waals surface area contributed by atoms with Crippen LogP contribution < -0.4 is 5.32 Å². The molecule has 0 radical (unpaired) electrons. The van der Waals surface area contributed by atoms with Crippen molar-refractivity contribution >= 4 is 39.2 Å². The molecule has 29 heavy (non-hydrogen) atoms. The van der Waals surface area contributed by atoms with Crippen LogP contribution in [0.2, 0.25) is 0 Å². The third-order valence-electron chi connectivity index (χ3n) is 5.46. The van der Waals surface area contributed by atoms with Crippen molar-refractivity contribution in [2.24, 2.45) is 0 Å². The molecule has 1 aromatic carbocycles. The van der Waals surface area contributed by atoms with Gasteiger partial charge in [0.25, 0.3) is 0 Å². The normalized spacial score (nSPS) is 14.6. The molecule has 2 aromatic heterocycles. The Balaban J connectivity index is 1.49. The number of nitrogens with zero attached hydrogens (tertiary/aromatic N) is 2. The number of aryl methyl sites for hydroxylation is 4. The lowest BCUT2D eigenvalue weighted by Crippen LogP contribution is -2.29. The molecule has 2 heterocycles. The van der Waals surface area contributed by atoms with Crippen LogP contribution in [0.15, 0.2) is 29.3 Å². The van der Waals surface area contributed by atoms with Gasteiger partial charge in [-0.1, -0.05) is 48.5 Å².